The van der Waals surface area contributed by atoms with Crippen molar-refractivity contribution >= 4 is 56.4 Å². The van der Waals surface area contributed by atoms with Crippen molar-refractivity contribution in [3.8, 4) is 0 Å². The van der Waals surface area contributed by atoms with Crippen LogP contribution >= 0.6 is 39.1 Å². The van der Waals surface area contributed by atoms with E-state index in [9.17, 15) is 4.79 Å². The highest BCUT2D eigenvalue weighted by Crippen LogP contribution is 2.31. The minimum atomic E-state index is -0.267. The first-order chi connectivity index (χ1) is 8.97. The Morgan fingerprint density at radius 1 is 1.11 bits per heavy atom. The number of anilines is 2. The van der Waals surface area contributed by atoms with E-state index in [0.717, 1.165) is 4.47 Å². The quantitative estimate of drug-likeness (QED) is 0.770. The predicted molar refractivity (Wildman–Crippen MR) is 83.0 cm³/mol. The zero-order chi connectivity index (χ0) is 14.0. The molecule has 0 unspecified atom stereocenters. The number of hydrogen-bond donors (Lipinski definition) is 2. The molecule has 0 aliphatic heterocycles. The first-order valence-corrected chi connectivity index (χ1v) is 6.83. The van der Waals surface area contributed by atoms with E-state index in [-0.39, 0.29) is 5.91 Å². The number of nitrogens with one attached hydrogen (secondary N) is 1. The Labute approximate surface area is 128 Å². The monoisotopic (exact) mass is 358 g/mol. The second-order valence-corrected chi connectivity index (χ2v) is 5.54. The smallest absolute Gasteiger partial charge is 0.255 e. The molecule has 2 rings (SSSR count). The van der Waals surface area contributed by atoms with Gasteiger partial charge in [0.1, 0.15) is 0 Å². The summed E-state index contributed by atoms with van der Waals surface area (Å²) in [7, 11) is 0. The molecule has 3 N–H and O–H groups in total. The second-order valence-electron chi connectivity index (χ2n) is 3.81. The standard InChI is InChI=1S/C13H9BrCl2N2O/c14-8-3-1-7(2-4-8)13(19)18-12-6-11(17)9(15)5-10(12)16/h1-6H,17H2,(H,18,19). The van der Waals surface area contributed by atoms with Gasteiger partial charge < -0.3 is 11.1 Å². The summed E-state index contributed by atoms with van der Waals surface area (Å²) in [5, 5.41) is 3.38. The Morgan fingerprint density at radius 2 is 1.74 bits per heavy atom. The molecule has 19 heavy (non-hydrogen) atoms. The van der Waals surface area contributed by atoms with Crippen molar-refractivity contribution in [1.82, 2.24) is 0 Å². The SMILES string of the molecule is Nc1cc(NC(=O)c2ccc(Br)cc2)c(Cl)cc1Cl. The summed E-state index contributed by atoms with van der Waals surface area (Å²) in [6.07, 6.45) is 0. The fourth-order valence-electron chi connectivity index (χ4n) is 1.46. The number of halogens is 3. The molecule has 0 bridgehead atoms. The molecule has 0 atom stereocenters. The van der Waals surface area contributed by atoms with Crippen LogP contribution in [0, 0.1) is 0 Å². The number of rotatable bonds is 2. The van der Waals surface area contributed by atoms with Crippen LogP contribution in [0.2, 0.25) is 10.0 Å². The van der Waals surface area contributed by atoms with Crippen LogP contribution in [0.15, 0.2) is 40.9 Å². The summed E-state index contributed by atoms with van der Waals surface area (Å²) < 4.78 is 0.901. The van der Waals surface area contributed by atoms with Crippen molar-refractivity contribution in [2.75, 3.05) is 11.1 Å². The van der Waals surface area contributed by atoms with Crippen LogP contribution in [-0.2, 0) is 0 Å². The Hall–Kier alpha value is -1.23. The molecule has 0 saturated carbocycles. The molecule has 0 saturated heterocycles. The van der Waals surface area contributed by atoms with Gasteiger partial charge in [-0.2, -0.15) is 0 Å². The van der Waals surface area contributed by atoms with E-state index in [1.54, 1.807) is 24.3 Å². The first kappa shape index (κ1) is 14.2. The zero-order valence-electron chi connectivity index (χ0n) is 9.58. The van der Waals surface area contributed by atoms with Crippen LogP contribution in [0.4, 0.5) is 11.4 Å². The lowest BCUT2D eigenvalue weighted by molar-refractivity contribution is 0.102. The molecule has 0 fully saturated rings. The molecule has 1 amide bonds. The van der Waals surface area contributed by atoms with Crippen LogP contribution in [0.5, 0.6) is 0 Å². The first-order valence-electron chi connectivity index (χ1n) is 5.29. The molecule has 0 spiro atoms. The fraction of sp³-hybridized carbons (Fsp3) is 0. The summed E-state index contributed by atoms with van der Waals surface area (Å²) in [6.45, 7) is 0. The van der Waals surface area contributed by atoms with Gasteiger partial charge in [-0.25, -0.2) is 0 Å². The van der Waals surface area contributed by atoms with Gasteiger partial charge in [0.25, 0.3) is 5.91 Å². The third-order valence-electron chi connectivity index (χ3n) is 2.44. The zero-order valence-corrected chi connectivity index (χ0v) is 12.7. The Kier molecular flexibility index (Phi) is 4.34. The van der Waals surface area contributed by atoms with E-state index >= 15 is 0 Å². The Bertz CT molecular complexity index is 629. The van der Waals surface area contributed by atoms with E-state index < -0.39 is 0 Å². The molecule has 0 heterocycles. The van der Waals surface area contributed by atoms with E-state index in [0.29, 0.717) is 27.0 Å². The number of carbonyl (C=O) groups excluding carboxylic acids is 1. The molecule has 0 aromatic heterocycles. The van der Waals surface area contributed by atoms with Gasteiger partial charge in [0.2, 0.25) is 0 Å². The molecular weight excluding hydrogens is 351 g/mol. The van der Waals surface area contributed by atoms with E-state index in [2.05, 4.69) is 21.2 Å². The average Bonchev–Trinajstić information content (AvgIpc) is 2.36. The summed E-state index contributed by atoms with van der Waals surface area (Å²) in [6, 6.07) is 10.00. The molecular formula is C13H9BrCl2N2O. The van der Waals surface area contributed by atoms with E-state index in [1.807, 2.05) is 0 Å². The van der Waals surface area contributed by atoms with Crippen molar-refractivity contribution in [1.29, 1.82) is 0 Å². The van der Waals surface area contributed by atoms with Crippen LogP contribution in [0.1, 0.15) is 10.4 Å². The van der Waals surface area contributed by atoms with Crippen LogP contribution in [0.3, 0.4) is 0 Å². The lowest BCUT2D eigenvalue weighted by atomic mass is 10.2. The maximum atomic E-state index is 12.0. The van der Waals surface area contributed by atoms with Crippen LogP contribution in [0.25, 0.3) is 0 Å². The van der Waals surface area contributed by atoms with Gasteiger partial charge in [0.15, 0.2) is 0 Å². The van der Waals surface area contributed by atoms with Crippen molar-refractivity contribution in [2.24, 2.45) is 0 Å². The maximum Gasteiger partial charge on any atom is 0.255 e. The van der Waals surface area contributed by atoms with E-state index in [1.165, 1.54) is 12.1 Å². The molecule has 6 heteroatoms. The minimum absolute atomic E-state index is 0.267. The summed E-state index contributed by atoms with van der Waals surface area (Å²) in [5.74, 6) is -0.267. The molecule has 0 aliphatic rings. The average molecular weight is 360 g/mol. The lowest BCUT2D eigenvalue weighted by Crippen LogP contribution is -2.12. The van der Waals surface area contributed by atoms with Crippen molar-refractivity contribution in [2.45, 2.75) is 0 Å². The Balaban J connectivity index is 2.24. The highest BCUT2D eigenvalue weighted by Gasteiger charge is 2.10. The molecule has 3 nitrogen and oxygen atoms in total. The van der Waals surface area contributed by atoms with Gasteiger partial charge in [-0.15, -0.1) is 0 Å². The van der Waals surface area contributed by atoms with Gasteiger partial charge in [0.05, 0.1) is 21.4 Å². The predicted octanol–water partition coefficient (Wildman–Crippen LogP) is 4.59. The number of nitrogens with two attached hydrogens (primary N) is 1. The lowest BCUT2D eigenvalue weighted by Gasteiger charge is -2.09. The number of benzene rings is 2. The third kappa shape index (κ3) is 3.41. The highest BCUT2D eigenvalue weighted by molar-refractivity contribution is 9.10. The highest BCUT2D eigenvalue weighted by atomic mass is 79.9. The van der Waals surface area contributed by atoms with Crippen LogP contribution in [-0.4, -0.2) is 5.91 Å². The molecule has 2 aromatic carbocycles. The third-order valence-corrected chi connectivity index (χ3v) is 3.61. The number of carbonyl (C=O) groups is 1. The normalized spacial score (nSPS) is 10.3. The van der Waals surface area contributed by atoms with Crippen molar-refractivity contribution in [3.05, 3.63) is 56.5 Å². The van der Waals surface area contributed by atoms with Gasteiger partial charge in [-0.1, -0.05) is 39.1 Å². The summed E-state index contributed by atoms with van der Waals surface area (Å²) >= 11 is 15.1. The molecule has 0 radical (unpaired) electrons. The molecule has 0 aliphatic carbocycles. The topological polar surface area (TPSA) is 55.1 Å². The van der Waals surface area contributed by atoms with Crippen LogP contribution < -0.4 is 11.1 Å². The maximum absolute atomic E-state index is 12.0. The van der Waals surface area contributed by atoms with Crippen molar-refractivity contribution in [3.63, 3.8) is 0 Å². The summed E-state index contributed by atoms with van der Waals surface area (Å²) in [4.78, 5) is 12.0. The van der Waals surface area contributed by atoms with Gasteiger partial charge in [0, 0.05) is 10.0 Å². The summed E-state index contributed by atoms with van der Waals surface area (Å²) in [5.41, 5.74) is 6.98. The fourth-order valence-corrected chi connectivity index (χ4v) is 2.15. The largest absolute Gasteiger partial charge is 0.397 e. The van der Waals surface area contributed by atoms with Gasteiger partial charge >= 0.3 is 0 Å². The van der Waals surface area contributed by atoms with E-state index in [4.69, 9.17) is 28.9 Å². The molecule has 2 aromatic rings. The minimum Gasteiger partial charge on any atom is -0.397 e. The number of nitrogen functional groups attached to an aromatic ring is 1. The number of hydrogen-bond acceptors (Lipinski definition) is 2. The second kappa shape index (κ2) is 5.82. The van der Waals surface area contributed by atoms with Gasteiger partial charge in [-0.3, -0.25) is 4.79 Å². The Morgan fingerprint density at radius 3 is 2.37 bits per heavy atom. The van der Waals surface area contributed by atoms with Crippen molar-refractivity contribution < 1.29 is 4.79 Å². The number of amides is 1. The molecule has 98 valence electrons. The van der Waals surface area contributed by atoms with Gasteiger partial charge in [-0.05, 0) is 36.4 Å².